The summed E-state index contributed by atoms with van der Waals surface area (Å²) in [7, 11) is 1.33. The number of pyridine rings is 1. The molecule has 0 aliphatic carbocycles. The first-order valence-electron chi connectivity index (χ1n) is 6.31. The Bertz CT molecular complexity index is 771. The Morgan fingerprint density at radius 1 is 1.19 bits per heavy atom. The normalized spacial score (nSPS) is 10.5. The van der Waals surface area contributed by atoms with Crippen molar-refractivity contribution in [3.63, 3.8) is 0 Å². The first kappa shape index (κ1) is 13.5. The molecule has 1 aromatic carbocycles. The van der Waals surface area contributed by atoms with Crippen LogP contribution in [0.2, 0.25) is 0 Å². The van der Waals surface area contributed by atoms with Crippen molar-refractivity contribution >= 4 is 29.3 Å². The summed E-state index contributed by atoms with van der Waals surface area (Å²) in [6, 6.07) is 14.0. The van der Waals surface area contributed by atoms with Crippen LogP contribution in [-0.4, -0.2) is 22.6 Å². The van der Waals surface area contributed by atoms with Crippen LogP contribution in [0.4, 0.5) is 10.6 Å². The second-order valence-electron chi connectivity index (χ2n) is 4.27. The number of nitrogens with zero attached hydrogens (tertiary/aromatic N) is 2. The molecule has 1 N–H and O–H groups in total. The summed E-state index contributed by atoms with van der Waals surface area (Å²) >= 11 is 1.65. The molecule has 5 nitrogen and oxygen atoms in total. The highest BCUT2D eigenvalue weighted by molar-refractivity contribution is 7.99. The van der Waals surface area contributed by atoms with Crippen LogP contribution in [-0.2, 0) is 4.74 Å². The lowest BCUT2D eigenvalue weighted by Gasteiger charge is -2.06. The van der Waals surface area contributed by atoms with Gasteiger partial charge in [-0.3, -0.25) is 9.72 Å². The number of benzene rings is 1. The Balaban J connectivity index is 1.91. The summed E-state index contributed by atoms with van der Waals surface area (Å²) in [6.45, 7) is 0. The van der Waals surface area contributed by atoms with Gasteiger partial charge < -0.3 is 4.74 Å². The third-order valence-corrected chi connectivity index (χ3v) is 3.86. The predicted molar refractivity (Wildman–Crippen MR) is 81.8 cm³/mol. The minimum atomic E-state index is -0.516. The number of anilines is 1. The number of hydrogen-bond donors (Lipinski definition) is 1. The summed E-state index contributed by atoms with van der Waals surface area (Å²) in [4.78, 5) is 17.8. The Labute approximate surface area is 126 Å². The van der Waals surface area contributed by atoms with Gasteiger partial charge in [0.25, 0.3) is 0 Å². The minimum absolute atomic E-state index is 0.516. The van der Waals surface area contributed by atoms with E-state index in [1.54, 1.807) is 18.0 Å². The van der Waals surface area contributed by atoms with E-state index in [0.29, 0.717) is 5.82 Å². The van der Waals surface area contributed by atoms with Crippen molar-refractivity contribution in [3.05, 3.63) is 54.9 Å². The van der Waals surface area contributed by atoms with Crippen LogP contribution < -0.4 is 5.32 Å². The Morgan fingerprint density at radius 2 is 2.00 bits per heavy atom. The van der Waals surface area contributed by atoms with Gasteiger partial charge in [-0.1, -0.05) is 30.0 Å². The Morgan fingerprint density at radius 3 is 2.76 bits per heavy atom. The van der Waals surface area contributed by atoms with Gasteiger partial charge in [-0.2, -0.15) is 0 Å². The molecule has 0 fully saturated rings. The van der Waals surface area contributed by atoms with Gasteiger partial charge in [-0.15, -0.1) is 0 Å². The molecule has 0 aliphatic rings. The van der Waals surface area contributed by atoms with Crippen molar-refractivity contribution < 1.29 is 9.53 Å². The molecule has 1 amide bonds. The van der Waals surface area contributed by atoms with E-state index in [9.17, 15) is 4.79 Å². The third-order valence-electron chi connectivity index (χ3n) is 2.87. The quantitative estimate of drug-likeness (QED) is 0.802. The average Bonchev–Trinajstić information content (AvgIpc) is 2.91. The van der Waals surface area contributed by atoms with Gasteiger partial charge >= 0.3 is 6.09 Å². The molecule has 0 saturated carbocycles. The van der Waals surface area contributed by atoms with Crippen LogP contribution in [0, 0.1) is 0 Å². The van der Waals surface area contributed by atoms with Gasteiger partial charge in [-0.25, -0.2) is 9.78 Å². The molecule has 3 rings (SSSR count). The Hall–Kier alpha value is -2.47. The fourth-order valence-corrected chi connectivity index (χ4v) is 2.75. The van der Waals surface area contributed by atoms with Gasteiger partial charge in [0.2, 0.25) is 0 Å². The lowest BCUT2D eigenvalue weighted by molar-refractivity contribution is 0.187. The fourth-order valence-electron chi connectivity index (χ4n) is 1.89. The second kappa shape index (κ2) is 5.88. The van der Waals surface area contributed by atoms with Crippen molar-refractivity contribution in [1.29, 1.82) is 0 Å². The number of ether oxygens (including phenoxy) is 1. The average molecular weight is 299 g/mol. The maximum absolute atomic E-state index is 11.3. The predicted octanol–water partition coefficient (Wildman–Crippen LogP) is 3.66. The van der Waals surface area contributed by atoms with E-state index in [2.05, 4.69) is 27.2 Å². The third kappa shape index (κ3) is 3.00. The molecule has 21 heavy (non-hydrogen) atoms. The molecule has 2 aromatic heterocycles. The highest BCUT2D eigenvalue weighted by Crippen LogP contribution is 2.28. The fraction of sp³-hybridized carbons (Fsp3) is 0.0667. The van der Waals surface area contributed by atoms with Crippen molar-refractivity contribution in [1.82, 2.24) is 9.38 Å². The number of rotatable bonds is 3. The largest absolute Gasteiger partial charge is 0.453 e. The Kier molecular flexibility index (Phi) is 3.79. The topological polar surface area (TPSA) is 55.6 Å². The van der Waals surface area contributed by atoms with E-state index < -0.39 is 6.09 Å². The zero-order chi connectivity index (χ0) is 14.7. The maximum Gasteiger partial charge on any atom is 0.412 e. The SMILES string of the molecule is COC(=O)Nc1cnc2ccc(Sc3ccccc3)cn12. The second-order valence-corrected chi connectivity index (χ2v) is 5.42. The first-order chi connectivity index (χ1) is 10.3. The maximum atomic E-state index is 11.3. The molecule has 2 heterocycles. The number of amides is 1. The lowest BCUT2D eigenvalue weighted by Crippen LogP contribution is -2.12. The molecule has 0 saturated heterocycles. The smallest absolute Gasteiger partial charge is 0.412 e. The van der Waals surface area contributed by atoms with E-state index in [1.807, 2.05) is 40.9 Å². The number of aromatic nitrogens is 2. The summed E-state index contributed by atoms with van der Waals surface area (Å²) in [5.74, 6) is 0.576. The summed E-state index contributed by atoms with van der Waals surface area (Å²) in [5, 5.41) is 2.64. The van der Waals surface area contributed by atoms with Crippen molar-refractivity contribution in [2.24, 2.45) is 0 Å². The van der Waals surface area contributed by atoms with Gasteiger partial charge in [0.15, 0.2) is 0 Å². The van der Waals surface area contributed by atoms with Crippen molar-refractivity contribution in [2.75, 3.05) is 12.4 Å². The summed E-state index contributed by atoms with van der Waals surface area (Å²) < 4.78 is 6.42. The molecular formula is C15H13N3O2S. The minimum Gasteiger partial charge on any atom is -0.453 e. The van der Waals surface area contributed by atoms with Gasteiger partial charge in [0.05, 0.1) is 13.3 Å². The number of methoxy groups -OCH3 is 1. The van der Waals surface area contributed by atoms with Gasteiger partial charge in [0, 0.05) is 16.0 Å². The van der Waals surface area contributed by atoms with E-state index >= 15 is 0 Å². The standard InChI is InChI=1S/C15H13N3O2S/c1-20-15(19)17-14-9-16-13-8-7-12(10-18(13)14)21-11-5-3-2-4-6-11/h2-10H,1H3,(H,17,19). The number of carbonyl (C=O) groups excluding carboxylic acids is 1. The molecule has 0 spiro atoms. The lowest BCUT2D eigenvalue weighted by atomic mass is 10.4. The van der Waals surface area contributed by atoms with E-state index in [-0.39, 0.29) is 0 Å². The van der Waals surface area contributed by atoms with Crippen LogP contribution in [0.3, 0.4) is 0 Å². The van der Waals surface area contributed by atoms with Crippen LogP contribution >= 0.6 is 11.8 Å². The van der Waals surface area contributed by atoms with E-state index in [1.165, 1.54) is 7.11 Å². The molecular weight excluding hydrogens is 286 g/mol. The first-order valence-corrected chi connectivity index (χ1v) is 7.13. The molecule has 3 aromatic rings. The molecule has 0 radical (unpaired) electrons. The number of imidazole rings is 1. The van der Waals surface area contributed by atoms with Gasteiger partial charge in [-0.05, 0) is 24.3 Å². The number of fused-ring (bicyclic) bond motifs is 1. The number of hydrogen-bond acceptors (Lipinski definition) is 4. The summed E-state index contributed by atoms with van der Waals surface area (Å²) in [5.41, 5.74) is 0.763. The van der Waals surface area contributed by atoms with Crippen molar-refractivity contribution in [2.45, 2.75) is 9.79 Å². The van der Waals surface area contributed by atoms with E-state index in [0.717, 1.165) is 15.4 Å². The van der Waals surface area contributed by atoms with Gasteiger partial charge in [0.1, 0.15) is 11.5 Å². The zero-order valence-corrected chi connectivity index (χ0v) is 12.1. The molecule has 106 valence electrons. The van der Waals surface area contributed by atoms with E-state index in [4.69, 9.17) is 0 Å². The van der Waals surface area contributed by atoms with Crippen LogP contribution in [0.15, 0.2) is 64.6 Å². The zero-order valence-electron chi connectivity index (χ0n) is 11.3. The molecule has 0 unspecified atom stereocenters. The highest BCUT2D eigenvalue weighted by atomic mass is 32.2. The molecule has 6 heteroatoms. The molecule has 0 aliphatic heterocycles. The molecule has 0 atom stereocenters. The van der Waals surface area contributed by atoms with Crippen LogP contribution in [0.25, 0.3) is 5.65 Å². The summed E-state index contributed by atoms with van der Waals surface area (Å²) in [6.07, 6.45) is 3.02. The highest BCUT2D eigenvalue weighted by Gasteiger charge is 2.08. The number of carbonyl (C=O) groups is 1. The van der Waals surface area contributed by atoms with Crippen LogP contribution in [0.1, 0.15) is 0 Å². The molecule has 0 bridgehead atoms. The number of nitrogens with one attached hydrogen (secondary N) is 1. The monoisotopic (exact) mass is 299 g/mol. The van der Waals surface area contributed by atoms with Crippen LogP contribution in [0.5, 0.6) is 0 Å². The van der Waals surface area contributed by atoms with Crippen molar-refractivity contribution in [3.8, 4) is 0 Å².